The molecule has 30 heavy (non-hydrogen) atoms. The highest BCUT2D eigenvalue weighted by Gasteiger charge is 2.29. The summed E-state index contributed by atoms with van der Waals surface area (Å²) in [6.45, 7) is 3.84. The fraction of sp³-hybridized carbons (Fsp3) is 0.227. The van der Waals surface area contributed by atoms with E-state index >= 15 is 0 Å². The molecule has 3 aromatic heterocycles. The number of anilines is 1. The van der Waals surface area contributed by atoms with Gasteiger partial charge < -0.3 is 9.84 Å². The van der Waals surface area contributed by atoms with Crippen LogP contribution in [0.1, 0.15) is 46.2 Å². The summed E-state index contributed by atoms with van der Waals surface area (Å²) in [5.41, 5.74) is 3.82. The van der Waals surface area contributed by atoms with Gasteiger partial charge in [-0.25, -0.2) is 9.67 Å². The highest BCUT2D eigenvalue weighted by molar-refractivity contribution is 6.04. The van der Waals surface area contributed by atoms with Crippen LogP contribution in [-0.2, 0) is 0 Å². The number of aromatic nitrogens is 5. The normalized spacial score (nSPS) is 13.4. The van der Waals surface area contributed by atoms with E-state index in [9.17, 15) is 4.79 Å². The average molecular weight is 400 g/mol. The monoisotopic (exact) mass is 400 g/mol. The number of hydrogen-bond donors (Lipinski definition) is 1. The van der Waals surface area contributed by atoms with Crippen molar-refractivity contribution in [2.45, 2.75) is 32.6 Å². The maximum Gasteiger partial charge on any atom is 0.259 e. The zero-order chi connectivity index (χ0) is 20.7. The topological polar surface area (TPSA) is 98.7 Å². The average Bonchev–Trinajstić information content (AvgIpc) is 3.36. The first kappa shape index (κ1) is 18.2. The van der Waals surface area contributed by atoms with Gasteiger partial charge in [-0.1, -0.05) is 22.9 Å². The molecule has 0 aliphatic heterocycles. The van der Waals surface area contributed by atoms with Crippen molar-refractivity contribution < 1.29 is 9.32 Å². The van der Waals surface area contributed by atoms with Crippen molar-refractivity contribution in [2.24, 2.45) is 0 Å². The van der Waals surface area contributed by atoms with Gasteiger partial charge in [-0.15, -0.1) is 0 Å². The Morgan fingerprint density at radius 3 is 2.60 bits per heavy atom. The zero-order valence-electron chi connectivity index (χ0n) is 16.7. The third-order valence-corrected chi connectivity index (χ3v) is 5.16. The maximum atomic E-state index is 12.7. The molecule has 1 fully saturated rings. The van der Waals surface area contributed by atoms with Gasteiger partial charge in [0.15, 0.2) is 11.6 Å². The van der Waals surface area contributed by atoms with Crippen LogP contribution in [0.2, 0.25) is 0 Å². The molecule has 1 N–H and O–H groups in total. The molecule has 1 aliphatic rings. The molecule has 8 nitrogen and oxygen atoms in total. The Balaban J connectivity index is 1.35. The van der Waals surface area contributed by atoms with E-state index in [0.29, 0.717) is 28.9 Å². The molecule has 4 aromatic rings. The van der Waals surface area contributed by atoms with Crippen molar-refractivity contribution >= 4 is 11.6 Å². The first-order valence-corrected chi connectivity index (χ1v) is 9.81. The van der Waals surface area contributed by atoms with E-state index in [1.807, 2.05) is 50.2 Å². The van der Waals surface area contributed by atoms with Gasteiger partial charge in [0.25, 0.3) is 11.8 Å². The minimum Gasteiger partial charge on any atom is -0.334 e. The van der Waals surface area contributed by atoms with Crippen molar-refractivity contribution in [2.75, 3.05) is 5.32 Å². The van der Waals surface area contributed by atoms with Crippen LogP contribution >= 0.6 is 0 Å². The van der Waals surface area contributed by atoms with Gasteiger partial charge in [-0.3, -0.25) is 4.79 Å². The lowest BCUT2D eigenvalue weighted by Crippen LogP contribution is -2.13. The molecule has 0 saturated heterocycles. The van der Waals surface area contributed by atoms with Gasteiger partial charge in [-0.05, 0) is 51.0 Å². The second-order valence-electron chi connectivity index (χ2n) is 7.51. The maximum absolute atomic E-state index is 12.7. The van der Waals surface area contributed by atoms with E-state index in [1.165, 1.54) is 0 Å². The van der Waals surface area contributed by atoms with Crippen LogP contribution in [-0.4, -0.2) is 30.8 Å². The summed E-state index contributed by atoms with van der Waals surface area (Å²) in [6, 6.07) is 11.3. The summed E-state index contributed by atoms with van der Waals surface area (Å²) >= 11 is 0. The number of nitrogens with one attached hydrogen (secondary N) is 1. The third kappa shape index (κ3) is 3.47. The molecule has 0 bridgehead atoms. The van der Waals surface area contributed by atoms with Gasteiger partial charge in [0.1, 0.15) is 0 Å². The fourth-order valence-electron chi connectivity index (χ4n) is 3.20. The number of rotatable bonds is 5. The van der Waals surface area contributed by atoms with Gasteiger partial charge >= 0.3 is 0 Å². The summed E-state index contributed by atoms with van der Waals surface area (Å²) in [5, 5.41) is 11.3. The van der Waals surface area contributed by atoms with Crippen molar-refractivity contribution in [1.29, 1.82) is 0 Å². The van der Waals surface area contributed by atoms with Crippen LogP contribution in [0.5, 0.6) is 0 Å². The second-order valence-corrected chi connectivity index (χ2v) is 7.51. The molecule has 5 rings (SSSR count). The Morgan fingerprint density at radius 2 is 1.90 bits per heavy atom. The smallest absolute Gasteiger partial charge is 0.259 e. The summed E-state index contributed by atoms with van der Waals surface area (Å²) in [4.78, 5) is 21.6. The molecule has 3 heterocycles. The molecule has 8 heteroatoms. The van der Waals surface area contributed by atoms with Gasteiger partial charge in [0.2, 0.25) is 0 Å². The van der Waals surface area contributed by atoms with Crippen LogP contribution in [0.15, 0.2) is 53.3 Å². The van der Waals surface area contributed by atoms with Crippen LogP contribution in [0, 0.1) is 13.8 Å². The molecule has 0 atom stereocenters. The highest BCUT2D eigenvalue weighted by Crippen LogP contribution is 2.38. The zero-order valence-corrected chi connectivity index (χ0v) is 16.7. The minimum absolute atomic E-state index is 0.210. The van der Waals surface area contributed by atoms with Gasteiger partial charge in [0, 0.05) is 17.8 Å². The number of nitrogens with zero attached hydrogens (tertiary/aromatic N) is 5. The van der Waals surface area contributed by atoms with E-state index in [0.717, 1.165) is 35.5 Å². The Kier molecular flexibility index (Phi) is 4.39. The van der Waals surface area contributed by atoms with Crippen molar-refractivity contribution in [3.05, 3.63) is 71.4 Å². The largest absolute Gasteiger partial charge is 0.334 e. The van der Waals surface area contributed by atoms with Crippen molar-refractivity contribution in [3.63, 3.8) is 0 Å². The Morgan fingerprint density at radius 1 is 1.10 bits per heavy atom. The van der Waals surface area contributed by atoms with Crippen molar-refractivity contribution in [3.8, 4) is 17.3 Å². The standard InChI is InChI=1S/C22H20N6O2/c1-13-3-8-17(9-4-13)25-21(29)18-12-24-28(14(18)2)19-10-7-16(11-23-19)22-26-20(27-30-22)15-5-6-15/h3-4,7-12,15H,5-6H2,1-2H3,(H,25,29). The first-order valence-electron chi connectivity index (χ1n) is 9.81. The fourth-order valence-corrected chi connectivity index (χ4v) is 3.20. The molecule has 0 unspecified atom stereocenters. The summed E-state index contributed by atoms with van der Waals surface area (Å²) in [7, 11) is 0. The SMILES string of the molecule is Cc1ccc(NC(=O)c2cnn(-c3ccc(-c4nc(C5CC5)no4)cn3)c2C)cc1. The van der Waals surface area contributed by atoms with Crippen LogP contribution in [0.3, 0.4) is 0 Å². The highest BCUT2D eigenvalue weighted by atomic mass is 16.5. The Hall–Kier alpha value is -3.81. The molecule has 1 saturated carbocycles. The van der Waals surface area contributed by atoms with Crippen LogP contribution in [0.25, 0.3) is 17.3 Å². The Bertz CT molecular complexity index is 1200. The number of amides is 1. The van der Waals surface area contributed by atoms with Crippen LogP contribution < -0.4 is 5.32 Å². The van der Waals surface area contributed by atoms with Crippen LogP contribution in [0.4, 0.5) is 5.69 Å². The lowest BCUT2D eigenvalue weighted by atomic mass is 10.2. The molecule has 1 aliphatic carbocycles. The number of carbonyl (C=O) groups is 1. The number of benzene rings is 1. The second kappa shape index (κ2) is 7.22. The lowest BCUT2D eigenvalue weighted by Gasteiger charge is -2.07. The van der Waals surface area contributed by atoms with E-state index in [2.05, 4.69) is 25.5 Å². The molecule has 1 amide bonds. The predicted octanol–water partition coefficient (Wildman–Crippen LogP) is 4.06. The van der Waals surface area contributed by atoms with E-state index < -0.39 is 0 Å². The summed E-state index contributed by atoms with van der Waals surface area (Å²) in [6.07, 6.45) is 5.46. The number of carbonyl (C=O) groups excluding carboxylic acids is 1. The predicted molar refractivity (Wildman–Crippen MR) is 110 cm³/mol. The van der Waals surface area contributed by atoms with E-state index in [-0.39, 0.29) is 5.91 Å². The summed E-state index contributed by atoms with van der Waals surface area (Å²) in [5.74, 6) is 2.06. The van der Waals surface area contributed by atoms with Crippen molar-refractivity contribution in [1.82, 2.24) is 24.9 Å². The molecule has 1 aromatic carbocycles. The molecule has 0 radical (unpaired) electrons. The number of pyridine rings is 1. The quantitative estimate of drug-likeness (QED) is 0.542. The summed E-state index contributed by atoms with van der Waals surface area (Å²) < 4.78 is 6.98. The number of hydrogen-bond acceptors (Lipinski definition) is 6. The van der Waals surface area contributed by atoms with E-state index in [4.69, 9.17) is 4.52 Å². The Labute approximate surface area is 173 Å². The molecule has 0 spiro atoms. The first-order chi connectivity index (χ1) is 14.6. The molecule has 150 valence electrons. The molecular formula is C22H20N6O2. The third-order valence-electron chi connectivity index (χ3n) is 5.16. The lowest BCUT2D eigenvalue weighted by molar-refractivity contribution is 0.102. The number of aryl methyl sites for hydroxylation is 1. The van der Waals surface area contributed by atoms with E-state index in [1.54, 1.807) is 17.1 Å². The van der Waals surface area contributed by atoms with Gasteiger partial charge in [-0.2, -0.15) is 10.1 Å². The molecular weight excluding hydrogens is 380 g/mol. The minimum atomic E-state index is -0.210. The van der Waals surface area contributed by atoms with Gasteiger partial charge in [0.05, 0.1) is 23.0 Å².